The van der Waals surface area contributed by atoms with Crippen LogP contribution in [0, 0.1) is 13.8 Å². The lowest BCUT2D eigenvalue weighted by atomic mass is 10.1. The molecule has 0 unspecified atom stereocenters. The number of nitrogens with one attached hydrogen (secondary N) is 1. The number of benzene rings is 2. The summed E-state index contributed by atoms with van der Waals surface area (Å²) in [7, 11) is 0. The third-order valence-electron chi connectivity index (χ3n) is 3.63. The molecule has 1 amide bonds. The van der Waals surface area contributed by atoms with Crippen molar-refractivity contribution in [3.8, 4) is 0 Å². The lowest BCUT2D eigenvalue weighted by Crippen LogP contribution is -2.19. The molecular formula is C16H14Cl2N4O. The number of rotatable bonds is 3. The topological polar surface area (TPSA) is 59.8 Å². The molecule has 3 aromatic rings. The zero-order valence-corrected chi connectivity index (χ0v) is 14.1. The summed E-state index contributed by atoms with van der Waals surface area (Å²) < 4.78 is 1.58. The number of aryl methyl sites for hydroxylation is 2. The summed E-state index contributed by atoms with van der Waals surface area (Å²) in [5, 5.41) is 11.8. The van der Waals surface area contributed by atoms with Crippen LogP contribution < -0.4 is 5.32 Å². The first kappa shape index (κ1) is 15.8. The molecule has 0 saturated carbocycles. The Bertz CT molecular complexity index is 904. The van der Waals surface area contributed by atoms with Gasteiger partial charge in [-0.25, -0.2) is 4.68 Å². The number of hydrogen-bond acceptors (Lipinski definition) is 3. The summed E-state index contributed by atoms with van der Waals surface area (Å²) in [6.45, 7) is 4.10. The average molecular weight is 349 g/mol. The number of carbonyl (C=O) groups is 1. The van der Waals surface area contributed by atoms with Crippen LogP contribution in [0.3, 0.4) is 0 Å². The molecule has 118 valence electrons. The Morgan fingerprint density at radius 3 is 2.61 bits per heavy atom. The van der Waals surface area contributed by atoms with Crippen molar-refractivity contribution >= 4 is 45.8 Å². The molecule has 23 heavy (non-hydrogen) atoms. The van der Waals surface area contributed by atoms with E-state index in [2.05, 4.69) is 15.6 Å². The number of carbonyl (C=O) groups excluding carboxylic acids is 1. The van der Waals surface area contributed by atoms with Gasteiger partial charge in [-0.05, 0) is 55.3 Å². The van der Waals surface area contributed by atoms with Crippen molar-refractivity contribution in [2.75, 3.05) is 5.32 Å². The normalized spacial score (nSPS) is 11.0. The van der Waals surface area contributed by atoms with Crippen molar-refractivity contribution in [1.82, 2.24) is 15.0 Å². The van der Waals surface area contributed by atoms with E-state index in [1.54, 1.807) is 22.9 Å². The van der Waals surface area contributed by atoms with Gasteiger partial charge in [0.05, 0.1) is 15.6 Å². The Hall–Kier alpha value is -2.11. The highest BCUT2D eigenvalue weighted by Crippen LogP contribution is 2.25. The van der Waals surface area contributed by atoms with Crippen molar-refractivity contribution in [3.05, 3.63) is 51.5 Å². The zero-order chi connectivity index (χ0) is 16.6. The number of amides is 1. The second-order valence-corrected chi connectivity index (χ2v) is 6.16. The van der Waals surface area contributed by atoms with Crippen molar-refractivity contribution in [2.45, 2.75) is 20.4 Å². The van der Waals surface area contributed by atoms with Gasteiger partial charge >= 0.3 is 0 Å². The third kappa shape index (κ3) is 3.30. The molecule has 0 aliphatic carbocycles. The zero-order valence-electron chi connectivity index (χ0n) is 12.6. The number of nitrogens with zero attached hydrogens (tertiary/aromatic N) is 3. The van der Waals surface area contributed by atoms with Crippen molar-refractivity contribution in [2.24, 2.45) is 0 Å². The fourth-order valence-electron chi connectivity index (χ4n) is 2.25. The molecule has 3 rings (SSSR count). The number of hydrogen-bond donors (Lipinski definition) is 1. The SMILES string of the molecule is Cc1cc2nnn(CC(=O)Nc3ccc(Cl)c(Cl)c3)c2cc1C. The van der Waals surface area contributed by atoms with E-state index in [0.29, 0.717) is 15.7 Å². The molecule has 1 aromatic heterocycles. The molecule has 0 aliphatic heterocycles. The average Bonchev–Trinajstić information content (AvgIpc) is 2.86. The van der Waals surface area contributed by atoms with E-state index in [9.17, 15) is 4.79 Å². The standard InChI is InChI=1S/C16H14Cl2N4O/c1-9-5-14-15(6-10(9)2)22(21-20-14)8-16(23)19-11-3-4-12(17)13(18)7-11/h3-7H,8H2,1-2H3,(H,19,23). The molecule has 0 radical (unpaired) electrons. The monoisotopic (exact) mass is 348 g/mol. The van der Waals surface area contributed by atoms with Gasteiger partial charge in [-0.1, -0.05) is 28.4 Å². The number of fused-ring (bicyclic) bond motifs is 1. The Labute approximate surface area is 143 Å². The van der Waals surface area contributed by atoms with Gasteiger partial charge in [-0.3, -0.25) is 4.79 Å². The second kappa shape index (κ2) is 6.18. The largest absolute Gasteiger partial charge is 0.324 e. The van der Waals surface area contributed by atoms with E-state index < -0.39 is 0 Å². The van der Waals surface area contributed by atoms with Gasteiger partial charge < -0.3 is 5.32 Å². The second-order valence-electron chi connectivity index (χ2n) is 5.35. The highest BCUT2D eigenvalue weighted by molar-refractivity contribution is 6.42. The van der Waals surface area contributed by atoms with Crippen LogP contribution in [0.15, 0.2) is 30.3 Å². The van der Waals surface area contributed by atoms with Crippen molar-refractivity contribution in [3.63, 3.8) is 0 Å². The fraction of sp³-hybridized carbons (Fsp3) is 0.188. The summed E-state index contributed by atoms with van der Waals surface area (Å²) in [5.74, 6) is -0.214. The summed E-state index contributed by atoms with van der Waals surface area (Å²) in [6, 6.07) is 8.88. The van der Waals surface area contributed by atoms with Gasteiger partial charge in [0.25, 0.3) is 0 Å². The molecule has 7 heteroatoms. The first-order valence-corrected chi connectivity index (χ1v) is 7.75. The van der Waals surface area contributed by atoms with Crippen LogP contribution in [-0.4, -0.2) is 20.9 Å². The van der Waals surface area contributed by atoms with Crippen LogP contribution in [-0.2, 0) is 11.3 Å². The Morgan fingerprint density at radius 1 is 1.13 bits per heavy atom. The van der Waals surface area contributed by atoms with Crippen LogP contribution in [0.1, 0.15) is 11.1 Å². The van der Waals surface area contributed by atoms with E-state index in [1.165, 1.54) is 0 Å². The minimum atomic E-state index is -0.214. The Morgan fingerprint density at radius 2 is 1.87 bits per heavy atom. The predicted molar refractivity (Wildman–Crippen MR) is 92.1 cm³/mol. The predicted octanol–water partition coefficient (Wildman–Crippen LogP) is 3.99. The molecule has 5 nitrogen and oxygen atoms in total. The molecule has 1 N–H and O–H groups in total. The van der Waals surface area contributed by atoms with Crippen LogP contribution in [0.25, 0.3) is 11.0 Å². The highest BCUT2D eigenvalue weighted by Gasteiger charge is 2.11. The molecule has 0 bridgehead atoms. The highest BCUT2D eigenvalue weighted by atomic mass is 35.5. The van der Waals surface area contributed by atoms with E-state index >= 15 is 0 Å². The molecule has 0 spiro atoms. The van der Waals surface area contributed by atoms with Gasteiger partial charge in [0.2, 0.25) is 5.91 Å². The maximum Gasteiger partial charge on any atom is 0.246 e. The summed E-state index contributed by atoms with van der Waals surface area (Å²) in [4.78, 5) is 12.2. The molecule has 0 saturated heterocycles. The van der Waals surface area contributed by atoms with E-state index in [1.807, 2.05) is 26.0 Å². The lowest BCUT2D eigenvalue weighted by molar-refractivity contribution is -0.116. The van der Waals surface area contributed by atoms with E-state index in [4.69, 9.17) is 23.2 Å². The Balaban J connectivity index is 1.80. The minimum Gasteiger partial charge on any atom is -0.324 e. The molecule has 2 aromatic carbocycles. The van der Waals surface area contributed by atoms with E-state index in [-0.39, 0.29) is 12.5 Å². The van der Waals surface area contributed by atoms with Gasteiger partial charge in [-0.2, -0.15) is 0 Å². The first-order chi connectivity index (χ1) is 10.9. The molecular weight excluding hydrogens is 335 g/mol. The van der Waals surface area contributed by atoms with Crippen molar-refractivity contribution < 1.29 is 4.79 Å². The fourth-order valence-corrected chi connectivity index (χ4v) is 2.55. The van der Waals surface area contributed by atoms with Gasteiger partial charge in [0, 0.05) is 5.69 Å². The maximum atomic E-state index is 12.2. The molecule has 1 heterocycles. The lowest BCUT2D eigenvalue weighted by Gasteiger charge is -2.07. The Kier molecular flexibility index (Phi) is 4.24. The maximum absolute atomic E-state index is 12.2. The van der Waals surface area contributed by atoms with Gasteiger partial charge in [0.1, 0.15) is 12.1 Å². The summed E-state index contributed by atoms with van der Waals surface area (Å²) in [6.07, 6.45) is 0. The number of aromatic nitrogens is 3. The third-order valence-corrected chi connectivity index (χ3v) is 4.37. The van der Waals surface area contributed by atoms with Gasteiger partial charge in [-0.15, -0.1) is 5.10 Å². The molecule has 0 fully saturated rings. The summed E-state index contributed by atoms with van der Waals surface area (Å²) >= 11 is 11.8. The van der Waals surface area contributed by atoms with Crippen LogP contribution in [0.4, 0.5) is 5.69 Å². The van der Waals surface area contributed by atoms with Crippen LogP contribution in [0.2, 0.25) is 10.0 Å². The molecule has 0 aliphatic rings. The van der Waals surface area contributed by atoms with Gasteiger partial charge in [0.15, 0.2) is 0 Å². The smallest absolute Gasteiger partial charge is 0.246 e. The minimum absolute atomic E-state index is 0.0687. The first-order valence-electron chi connectivity index (χ1n) is 6.99. The summed E-state index contributed by atoms with van der Waals surface area (Å²) in [5.41, 5.74) is 4.46. The van der Waals surface area contributed by atoms with Crippen LogP contribution >= 0.6 is 23.2 Å². The molecule has 0 atom stereocenters. The quantitative estimate of drug-likeness (QED) is 0.778. The van der Waals surface area contributed by atoms with Crippen molar-refractivity contribution in [1.29, 1.82) is 0 Å². The van der Waals surface area contributed by atoms with E-state index in [0.717, 1.165) is 22.2 Å². The number of anilines is 1. The number of halogens is 2. The van der Waals surface area contributed by atoms with Crippen LogP contribution in [0.5, 0.6) is 0 Å².